The summed E-state index contributed by atoms with van der Waals surface area (Å²) in [6.07, 6.45) is 0.778. The molecule has 0 atom stereocenters. The van der Waals surface area contributed by atoms with E-state index in [9.17, 15) is 0 Å². The molecule has 0 fully saturated rings. The predicted octanol–water partition coefficient (Wildman–Crippen LogP) is 0.729. The Bertz CT molecular complexity index is 129. The third-order valence-electron chi connectivity index (χ3n) is 2.38. The zero-order chi connectivity index (χ0) is 11.5. The smallest absolute Gasteiger partial charge is 0.0911 e. The molecular formula is C10H28Cl2N4. The summed E-state index contributed by atoms with van der Waals surface area (Å²) in [5.41, 5.74) is 0. The SMILES string of the molecule is CN(C)C(C(N(C)C)N(C)C)N(C)C.Cl.Cl. The van der Waals surface area contributed by atoms with Gasteiger partial charge in [0.25, 0.3) is 0 Å². The Hall–Kier alpha value is 0.420. The van der Waals surface area contributed by atoms with Crippen molar-refractivity contribution in [1.82, 2.24) is 19.6 Å². The number of rotatable bonds is 5. The van der Waals surface area contributed by atoms with Gasteiger partial charge in [-0.15, -0.1) is 24.8 Å². The van der Waals surface area contributed by atoms with E-state index in [2.05, 4.69) is 76.0 Å². The van der Waals surface area contributed by atoms with E-state index in [-0.39, 0.29) is 24.8 Å². The van der Waals surface area contributed by atoms with Crippen molar-refractivity contribution in [3.05, 3.63) is 0 Å². The molecule has 0 heterocycles. The summed E-state index contributed by atoms with van der Waals surface area (Å²) >= 11 is 0. The Balaban J connectivity index is -0.000000845. The molecule has 0 saturated heterocycles. The highest BCUT2D eigenvalue weighted by molar-refractivity contribution is 5.85. The maximum Gasteiger partial charge on any atom is 0.0911 e. The molecule has 0 aromatic rings. The molecule has 0 aromatic heterocycles. The van der Waals surface area contributed by atoms with Crippen molar-refractivity contribution in [2.45, 2.75) is 12.3 Å². The summed E-state index contributed by atoms with van der Waals surface area (Å²) in [5.74, 6) is 0. The zero-order valence-corrected chi connectivity index (χ0v) is 13.4. The summed E-state index contributed by atoms with van der Waals surface area (Å²) in [4.78, 5) is 8.96. The van der Waals surface area contributed by atoms with Crippen LogP contribution in [0.5, 0.6) is 0 Å². The van der Waals surface area contributed by atoms with E-state index >= 15 is 0 Å². The van der Waals surface area contributed by atoms with Crippen LogP contribution in [0.1, 0.15) is 0 Å². The topological polar surface area (TPSA) is 13.0 Å². The number of hydrogen-bond acceptors (Lipinski definition) is 4. The lowest BCUT2D eigenvalue weighted by Crippen LogP contribution is -2.59. The number of likely N-dealkylation sites (N-methyl/N-ethyl adjacent to an activating group) is 4. The molecule has 0 aliphatic rings. The van der Waals surface area contributed by atoms with E-state index < -0.39 is 0 Å². The molecule has 0 radical (unpaired) electrons. The zero-order valence-electron chi connectivity index (χ0n) is 11.8. The highest BCUT2D eigenvalue weighted by Crippen LogP contribution is 2.10. The largest absolute Gasteiger partial charge is 0.292 e. The van der Waals surface area contributed by atoms with Crippen LogP contribution >= 0.6 is 24.8 Å². The molecule has 0 spiro atoms. The predicted molar refractivity (Wildman–Crippen MR) is 76.8 cm³/mol. The first-order valence-corrected chi connectivity index (χ1v) is 4.94. The molecule has 102 valence electrons. The van der Waals surface area contributed by atoms with Gasteiger partial charge in [-0.1, -0.05) is 0 Å². The van der Waals surface area contributed by atoms with Crippen LogP contribution in [0.15, 0.2) is 0 Å². The summed E-state index contributed by atoms with van der Waals surface area (Å²) < 4.78 is 0. The summed E-state index contributed by atoms with van der Waals surface area (Å²) in [7, 11) is 16.9. The number of halogens is 2. The maximum atomic E-state index is 2.24. The second kappa shape index (κ2) is 9.45. The molecule has 0 aliphatic heterocycles. The molecule has 0 bridgehead atoms. The molecule has 16 heavy (non-hydrogen) atoms. The Morgan fingerprint density at radius 1 is 0.438 bits per heavy atom. The van der Waals surface area contributed by atoms with Crippen LogP contribution in [0.2, 0.25) is 0 Å². The quantitative estimate of drug-likeness (QED) is 0.686. The fraction of sp³-hybridized carbons (Fsp3) is 1.00. The minimum absolute atomic E-state index is 0. The van der Waals surface area contributed by atoms with Gasteiger partial charge in [-0.25, -0.2) is 0 Å². The van der Waals surface area contributed by atoms with E-state index in [1.165, 1.54) is 0 Å². The first-order valence-electron chi connectivity index (χ1n) is 4.94. The average molecular weight is 275 g/mol. The van der Waals surface area contributed by atoms with Gasteiger partial charge in [0.1, 0.15) is 0 Å². The van der Waals surface area contributed by atoms with Crippen LogP contribution in [-0.2, 0) is 0 Å². The van der Waals surface area contributed by atoms with Gasteiger partial charge in [0.2, 0.25) is 0 Å². The monoisotopic (exact) mass is 274 g/mol. The van der Waals surface area contributed by atoms with E-state index in [1.54, 1.807) is 0 Å². The molecule has 0 unspecified atom stereocenters. The second-order valence-corrected chi connectivity index (χ2v) is 4.68. The fourth-order valence-electron chi connectivity index (χ4n) is 1.99. The Kier molecular flexibility index (Phi) is 12.8. The van der Waals surface area contributed by atoms with Gasteiger partial charge >= 0.3 is 0 Å². The van der Waals surface area contributed by atoms with Gasteiger partial charge in [-0.2, -0.15) is 0 Å². The third-order valence-corrected chi connectivity index (χ3v) is 2.38. The van der Waals surface area contributed by atoms with Crippen LogP contribution in [0.4, 0.5) is 0 Å². The first kappa shape index (κ1) is 21.7. The molecule has 0 N–H and O–H groups in total. The standard InChI is InChI=1S/C10H26N4.2ClH/c1-11(2)9(12(3)4)10(13(5)6)14(7)8;;/h9-10H,1-8H3;2*1H. The molecule has 0 aromatic carbocycles. The Labute approximate surface area is 113 Å². The molecule has 0 aliphatic carbocycles. The minimum atomic E-state index is 0. The van der Waals surface area contributed by atoms with Crippen LogP contribution < -0.4 is 0 Å². The lowest BCUT2D eigenvalue weighted by atomic mass is 10.2. The van der Waals surface area contributed by atoms with Crippen molar-refractivity contribution in [1.29, 1.82) is 0 Å². The maximum absolute atomic E-state index is 2.24. The molecule has 0 saturated carbocycles. The summed E-state index contributed by atoms with van der Waals surface area (Å²) in [6.45, 7) is 0. The van der Waals surface area contributed by atoms with Gasteiger partial charge in [0.05, 0.1) is 12.3 Å². The lowest BCUT2D eigenvalue weighted by Gasteiger charge is -2.43. The van der Waals surface area contributed by atoms with Crippen molar-refractivity contribution in [3.63, 3.8) is 0 Å². The average Bonchev–Trinajstić information content (AvgIpc) is 1.96. The highest BCUT2D eigenvalue weighted by Gasteiger charge is 2.28. The van der Waals surface area contributed by atoms with Crippen LogP contribution in [0.3, 0.4) is 0 Å². The van der Waals surface area contributed by atoms with Gasteiger partial charge in [-0.05, 0) is 56.4 Å². The van der Waals surface area contributed by atoms with Gasteiger partial charge < -0.3 is 0 Å². The van der Waals surface area contributed by atoms with Crippen LogP contribution in [0.25, 0.3) is 0 Å². The van der Waals surface area contributed by atoms with E-state index in [1.807, 2.05) is 0 Å². The first-order chi connectivity index (χ1) is 6.29. The van der Waals surface area contributed by atoms with E-state index in [0.717, 1.165) is 0 Å². The van der Waals surface area contributed by atoms with Crippen molar-refractivity contribution in [2.75, 3.05) is 56.4 Å². The number of hydrogen-bond donors (Lipinski definition) is 0. The molecule has 0 rings (SSSR count). The summed E-state index contributed by atoms with van der Waals surface area (Å²) in [5, 5.41) is 0. The second-order valence-electron chi connectivity index (χ2n) is 4.68. The molecule has 0 amide bonds. The summed E-state index contributed by atoms with van der Waals surface area (Å²) in [6, 6.07) is 0. The van der Waals surface area contributed by atoms with E-state index in [0.29, 0.717) is 12.3 Å². The van der Waals surface area contributed by atoms with Crippen LogP contribution in [-0.4, -0.2) is 88.3 Å². The van der Waals surface area contributed by atoms with Gasteiger partial charge in [-0.3, -0.25) is 19.6 Å². The molecular weight excluding hydrogens is 247 g/mol. The van der Waals surface area contributed by atoms with Crippen molar-refractivity contribution in [2.24, 2.45) is 0 Å². The van der Waals surface area contributed by atoms with E-state index in [4.69, 9.17) is 0 Å². The van der Waals surface area contributed by atoms with Crippen molar-refractivity contribution < 1.29 is 0 Å². The Morgan fingerprint density at radius 3 is 0.625 bits per heavy atom. The normalized spacial score (nSPS) is 11.6. The van der Waals surface area contributed by atoms with Crippen molar-refractivity contribution >= 4 is 24.8 Å². The van der Waals surface area contributed by atoms with Gasteiger partial charge in [0, 0.05) is 0 Å². The Morgan fingerprint density at radius 2 is 0.562 bits per heavy atom. The lowest BCUT2D eigenvalue weighted by molar-refractivity contribution is -0.0210. The van der Waals surface area contributed by atoms with Gasteiger partial charge in [0.15, 0.2) is 0 Å². The number of nitrogens with zero attached hydrogens (tertiary/aromatic N) is 4. The fourth-order valence-corrected chi connectivity index (χ4v) is 1.99. The highest BCUT2D eigenvalue weighted by atomic mass is 35.5. The van der Waals surface area contributed by atoms with Crippen molar-refractivity contribution in [3.8, 4) is 0 Å². The minimum Gasteiger partial charge on any atom is -0.292 e. The molecule has 4 nitrogen and oxygen atoms in total. The molecule has 6 heteroatoms. The third kappa shape index (κ3) is 6.23. The van der Waals surface area contributed by atoms with Crippen LogP contribution in [0, 0.1) is 0 Å².